The Morgan fingerprint density at radius 1 is 0.889 bits per heavy atom. The molecule has 0 radical (unpaired) electrons. The molecule has 0 aliphatic rings. The molecule has 0 atom stereocenters. The maximum absolute atomic E-state index is 10.5. The summed E-state index contributed by atoms with van der Waals surface area (Å²) in [6, 6.07) is 13.8. The maximum Gasteiger partial charge on any atom is 0.269 e. The molecule has 4 heteroatoms. The minimum atomic E-state index is -0.410. The number of rotatable bonds is 3. The molecule has 0 aliphatic heterocycles. The fourth-order valence-corrected chi connectivity index (χ4v) is 1.60. The Morgan fingerprint density at radius 3 is 1.78 bits per heavy atom. The van der Waals surface area contributed by atoms with E-state index in [4.69, 9.17) is 11.6 Å². The molecule has 0 saturated carbocycles. The van der Waals surface area contributed by atoms with E-state index in [2.05, 4.69) is 0 Å². The number of benzene rings is 2. The summed E-state index contributed by atoms with van der Waals surface area (Å²) in [4.78, 5) is 10.1. The molecule has 0 unspecified atom stereocenters. The van der Waals surface area contributed by atoms with Crippen molar-refractivity contribution in [3.8, 4) is 0 Å². The fourth-order valence-electron chi connectivity index (χ4n) is 1.47. The molecule has 0 N–H and O–H groups in total. The standard InChI is InChI=1S/C14H10ClNO2/c15-13-7-3-11(4-8-13)1-2-12-5-9-14(10-6-12)16(17)18/h1-10H. The number of halogens is 1. The van der Waals surface area contributed by atoms with Gasteiger partial charge in [-0.1, -0.05) is 35.9 Å². The van der Waals surface area contributed by atoms with Gasteiger partial charge in [0.25, 0.3) is 5.69 Å². The van der Waals surface area contributed by atoms with Crippen molar-refractivity contribution in [1.82, 2.24) is 0 Å². The van der Waals surface area contributed by atoms with Gasteiger partial charge in [-0.25, -0.2) is 0 Å². The SMILES string of the molecule is O=[N+]([O-])c1ccc(C=Cc2ccc(Cl)cc2)cc1. The predicted octanol–water partition coefficient (Wildman–Crippen LogP) is 4.42. The minimum absolute atomic E-state index is 0.0960. The highest BCUT2D eigenvalue weighted by Crippen LogP contribution is 2.15. The lowest BCUT2D eigenvalue weighted by Crippen LogP contribution is -1.86. The first-order chi connectivity index (χ1) is 8.65. The molecular formula is C14H10ClNO2. The van der Waals surface area contributed by atoms with E-state index in [1.54, 1.807) is 12.1 Å². The van der Waals surface area contributed by atoms with Crippen LogP contribution in [0.25, 0.3) is 12.2 Å². The molecule has 0 aromatic heterocycles. The molecule has 90 valence electrons. The predicted molar refractivity (Wildman–Crippen MR) is 73.5 cm³/mol. The van der Waals surface area contributed by atoms with Gasteiger partial charge in [0.1, 0.15) is 0 Å². The lowest BCUT2D eigenvalue weighted by atomic mass is 10.1. The molecule has 3 nitrogen and oxygen atoms in total. The molecule has 0 spiro atoms. The van der Waals surface area contributed by atoms with Crippen LogP contribution in [0.4, 0.5) is 5.69 Å². The molecule has 2 aromatic carbocycles. The second kappa shape index (κ2) is 5.47. The highest BCUT2D eigenvalue weighted by molar-refractivity contribution is 6.30. The zero-order valence-corrected chi connectivity index (χ0v) is 10.2. The number of hydrogen-bond donors (Lipinski definition) is 0. The van der Waals surface area contributed by atoms with Gasteiger partial charge in [0.15, 0.2) is 0 Å². The molecule has 18 heavy (non-hydrogen) atoms. The van der Waals surface area contributed by atoms with Gasteiger partial charge < -0.3 is 0 Å². The summed E-state index contributed by atoms with van der Waals surface area (Å²) in [5.74, 6) is 0. The number of nitro benzene ring substituents is 1. The number of hydrogen-bond acceptors (Lipinski definition) is 2. The van der Waals surface area contributed by atoms with Gasteiger partial charge in [-0.15, -0.1) is 0 Å². The summed E-state index contributed by atoms with van der Waals surface area (Å²) >= 11 is 5.79. The fraction of sp³-hybridized carbons (Fsp3) is 0. The smallest absolute Gasteiger partial charge is 0.258 e. The molecule has 2 rings (SSSR count). The third-order valence-electron chi connectivity index (χ3n) is 2.44. The molecule has 0 bridgehead atoms. The van der Waals surface area contributed by atoms with E-state index < -0.39 is 4.92 Å². The van der Waals surface area contributed by atoms with Gasteiger partial charge in [-0.2, -0.15) is 0 Å². The van der Waals surface area contributed by atoms with Crippen LogP contribution in [0.1, 0.15) is 11.1 Å². The van der Waals surface area contributed by atoms with Gasteiger partial charge in [-0.3, -0.25) is 10.1 Å². The van der Waals surface area contributed by atoms with E-state index in [1.807, 2.05) is 36.4 Å². The Bertz CT molecular complexity index is 574. The van der Waals surface area contributed by atoms with Gasteiger partial charge in [0.2, 0.25) is 0 Å². The number of nitro groups is 1. The second-order valence-electron chi connectivity index (χ2n) is 3.73. The highest BCUT2D eigenvalue weighted by atomic mass is 35.5. The maximum atomic E-state index is 10.5. The van der Waals surface area contributed by atoms with E-state index in [9.17, 15) is 10.1 Å². The Balaban J connectivity index is 2.13. The Morgan fingerprint density at radius 2 is 1.33 bits per heavy atom. The van der Waals surface area contributed by atoms with E-state index >= 15 is 0 Å². The van der Waals surface area contributed by atoms with Crippen molar-refractivity contribution >= 4 is 29.4 Å². The third-order valence-corrected chi connectivity index (χ3v) is 2.69. The minimum Gasteiger partial charge on any atom is -0.258 e. The van der Waals surface area contributed by atoms with Crippen LogP contribution >= 0.6 is 11.6 Å². The topological polar surface area (TPSA) is 43.1 Å². The molecule has 0 amide bonds. The molecule has 2 aromatic rings. The van der Waals surface area contributed by atoms with E-state index in [0.717, 1.165) is 11.1 Å². The summed E-state index contributed by atoms with van der Waals surface area (Å²) in [5.41, 5.74) is 2.03. The van der Waals surface area contributed by atoms with Crippen LogP contribution in [-0.4, -0.2) is 4.92 Å². The van der Waals surface area contributed by atoms with Crippen molar-refractivity contribution < 1.29 is 4.92 Å². The summed E-state index contributed by atoms with van der Waals surface area (Å²) < 4.78 is 0. The molecular weight excluding hydrogens is 250 g/mol. The van der Waals surface area contributed by atoms with Crippen molar-refractivity contribution in [2.75, 3.05) is 0 Å². The summed E-state index contributed by atoms with van der Waals surface area (Å²) in [5, 5.41) is 11.2. The van der Waals surface area contributed by atoms with Crippen LogP contribution in [-0.2, 0) is 0 Å². The Hall–Kier alpha value is -2.13. The first-order valence-corrected chi connectivity index (χ1v) is 5.71. The molecule has 0 fully saturated rings. The van der Waals surface area contributed by atoms with E-state index in [1.165, 1.54) is 12.1 Å². The number of nitrogens with zero attached hydrogens (tertiary/aromatic N) is 1. The van der Waals surface area contributed by atoms with Crippen LogP contribution in [0.5, 0.6) is 0 Å². The van der Waals surface area contributed by atoms with Crippen LogP contribution in [0.15, 0.2) is 48.5 Å². The summed E-state index contributed by atoms with van der Waals surface area (Å²) in [6.07, 6.45) is 3.82. The van der Waals surface area contributed by atoms with Gasteiger partial charge in [-0.05, 0) is 35.4 Å². The number of non-ortho nitro benzene ring substituents is 1. The lowest BCUT2D eigenvalue weighted by Gasteiger charge is -1.95. The summed E-state index contributed by atoms with van der Waals surface area (Å²) in [7, 11) is 0. The highest BCUT2D eigenvalue weighted by Gasteiger charge is 2.01. The Labute approximate surface area is 109 Å². The summed E-state index contributed by atoms with van der Waals surface area (Å²) in [6.45, 7) is 0. The van der Waals surface area contributed by atoms with Crippen LogP contribution in [0, 0.1) is 10.1 Å². The average Bonchev–Trinajstić information content (AvgIpc) is 2.38. The van der Waals surface area contributed by atoms with E-state index in [-0.39, 0.29) is 5.69 Å². The Kier molecular flexibility index (Phi) is 3.75. The normalized spacial score (nSPS) is 10.7. The molecule has 0 aliphatic carbocycles. The monoisotopic (exact) mass is 259 g/mol. The lowest BCUT2D eigenvalue weighted by molar-refractivity contribution is -0.384. The average molecular weight is 260 g/mol. The van der Waals surface area contributed by atoms with Gasteiger partial charge in [0.05, 0.1) is 4.92 Å². The van der Waals surface area contributed by atoms with Gasteiger partial charge >= 0.3 is 0 Å². The zero-order valence-electron chi connectivity index (χ0n) is 9.42. The van der Waals surface area contributed by atoms with Crippen molar-refractivity contribution in [2.45, 2.75) is 0 Å². The third kappa shape index (κ3) is 3.18. The van der Waals surface area contributed by atoms with Crippen LogP contribution in [0.2, 0.25) is 5.02 Å². The van der Waals surface area contributed by atoms with Crippen molar-refractivity contribution in [3.05, 3.63) is 74.8 Å². The second-order valence-corrected chi connectivity index (χ2v) is 4.17. The largest absolute Gasteiger partial charge is 0.269 e. The zero-order chi connectivity index (χ0) is 13.0. The molecule has 0 heterocycles. The quantitative estimate of drug-likeness (QED) is 0.465. The first-order valence-electron chi connectivity index (χ1n) is 5.33. The first kappa shape index (κ1) is 12.3. The van der Waals surface area contributed by atoms with Crippen molar-refractivity contribution in [3.63, 3.8) is 0 Å². The van der Waals surface area contributed by atoms with E-state index in [0.29, 0.717) is 5.02 Å². The van der Waals surface area contributed by atoms with Crippen molar-refractivity contribution in [1.29, 1.82) is 0 Å². The molecule has 0 saturated heterocycles. The van der Waals surface area contributed by atoms with Crippen LogP contribution in [0.3, 0.4) is 0 Å². The van der Waals surface area contributed by atoms with Gasteiger partial charge in [0, 0.05) is 17.2 Å². The van der Waals surface area contributed by atoms with Crippen molar-refractivity contribution in [2.24, 2.45) is 0 Å². The van der Waals surface area contributed by atoms with Crippen LogP contribution < -0.4 is 0 Å².